The largest absolute Gasteiger partial charge is 0.497 e. The fourth-order valence-corrected chi connectivity index (χ4v) is 2.92. The minimum absolute atomic E-state index is 0.359. The van der Waals surface area contributed by atoms with Gasteiger partial charge in [-0.25, -0.2) is 14.4 Å². The molecule has 0 saturated heterocycles. The average molecular weight is 376 g/mol. The number of methoxy groups -OCH3 is 2. The Morgan fingerprint density at radius 3 is 2.57 bits per heavy atom. The van der Waals surface area contributed by atoms with Crippen molar-refractivity contribution in [2.45, 2.75) is 0 Å². The summed E-state index contributed by atoms with van der Waals surface area (Å²) in [4.78, 5) is 15.0. The predicted octanol–water partition coefficient (Wildman–Crippen LogP) is 4.65. The van der Waals surface area contributed by atoms with Crippen LogP contribution in [0.3, 0.4) is 0 Å². The second-order valence-electron chi connectivity index (χ2n) is 5.93. The summed E-state index contributed by atoms with van der Waals surface area (Å²) >= 11 is 0. The zero-order chi connectivity index (χ0) is 19.5. The van der Waals surface area contributed by atoms with E-state index in [0.29, 0.717) is 39.9 Å². The fourth-order valence-electron chi connectivity index (χ4n) is 2.92. The van der Waals surface area contributed by atoms with Crippen molar-refractivity contribution >= 4 is 28.4 Å². The van der Waals surface area contributed by atoms with E-state index in [1.165, 1.54) is 12.1 Å². The Labute approximate surface area is 161 Å². The average Bonchev–Trinajstić information content (AvgIpc) is 2.74. The maximum Gasteiger partial charge on any atom is 0.235 e. The molecule has 2 aromatic heterocycles. The predicted molar refractivity (Wildman–Crippen MR) is 105 cm³/mol. The molecule has 6 nitrogen and oxygen atoms in total. The molecular formula is C21H17FN4O2. The van der Waals surface area contributed by atoms with E-state index in [2.05, 4.69) is 15.0 Å². The highest BCUT2D eigenvalue weighted by molar-refractivity contribution is 5.81. The van der Waals surface area contributed by atoms with Crippen LogP contribution in [0.15, 0.2) is 67.0 Å². The van der Waals surface area contributed by atoms with Crippen molar-refractivity contribution in [1.29, 1.82) is 0 Å². The first kappa shape index (κ1) is 17.7. The minimum Gasteiger partial charge on any atom is -0.497 e. The molecule has 0 saturated carbocycles. The molecule has 0 aliphatic carbocycles. The third-order valence-electron chi connectivity index (χ3n) is 4.23. The zero-order valence-corrected chi connectivity index (χ0v) is 15.3. The highest BCUT2D eigenvalue weighted by atomic mass is 19.1. The number of halogens is 1. The van der Waals surface area contributed by atoms with Gasteiger partial charge in [-0.1, -0.05) is 6.07 Å². The summed E-state index contributed by atoms with van der Waals surface area (Å²) in [6, 6.07) is 15.2. The summed E-state index contributed by atoms with van der Waals surface area (Å²) in [7, 11) is 3.15. The van der Waals surface area contributed by atoms with Crippen molar-refractivity contribution in [3.63, 3.8) is 0 Å². The molecule has 4 rings (SSSR count). The molecule has 7 heteroatoms. The summed E-state index contributed by atoms with van der Waals surface area (Å²) in [5, 5.41) is 0. The van der Waals surface area contributed by atoms with Crippen molar-refractivity contribution in [3.05, 3.63) is 72.8 Å². The van der Waals surface area contributed by atoms with Gasteiger partial charge in [0.1, 0.15) is 22.8 Å². The minimum atomic E-state index is -0.369. The maximum absolute atomic E-state index is 14.0. The lowest BCUT2D eigenvalue weighted by molar-refractivity contribution is 0.404. The first-order valence-electron chi connectivity index (χ1n) is 8.55. The van der Waals surface area contributed by atoms with Gasteiger partial charge in [0.05, 0.1) is 37.3 Å². The van der Waals surface area contributed by atoms with Gasteiger partial charge in [-0.3, -0.25) is 9.88 Å². The summed E-state index contributed by atoms with van der Waals surface area (Å²) in [5.74, 6) is 1.18. The van der Waals surface area contributed by atoms with Gasteiger partial charge in [-0.05, 0) is 42.5 Å². The molecule has 0 unspecified atom stereocenters. The van der Waals surface area contributed by atoms with Gasteiger partial charge >= 0.3 is 0 Å². The summed E-state index contributed by atoms with van der Waals surface area (Å²) in [6.45, 7) is 0. The number of hydrogen-bond acceptors (Lipinski definition) is 6. The van der Waals surface area contributed by atoms with Crippen molar-refractivity contribution in [1.82, 2.24) is 15.0 Å². The number of anilines is 3. The number of hydrogen-bond donors (Lipinski definition) is 0. The number of fused-ring (bicyclic) bond motifs is 1. The molecule has 0 N–H and O–H groups in total. The smallest absolute Gasteiger partial charge is 0.235 e. The fraction of sp³-hybridized carbons (Fsp3) is 0.0952. The lowest BCUT2D eigenvalue weighted by Gasteiger charge is -2.25. The first-order valence-corrected chi connectivity index (χ1v) is 8.55. The molecule has 28 heavy (non-hydrogen) atoms. The molecule has 0 amide bonds. The molecule has 0 aliphatic heterocycles. The second kappa shape index (κ2) is 7.48. The molecule has 0 bridgehead atoms. The molecule has 140 valence electrons. The summed E-state index contributed by atoms with van der Waals surface area (Å²) < 4.78 is 24.9. The standard InChI is InChI=1S/C21H17FN4O2/c1-27-16-8-9-20(28-2)19(12-16)26(15-6-3-5-14(22)11-15)21-24-13-18-17(25-21)7-4-10-23-18/h3-13H,1-2H3. The molecule has 0 spiro atoms. The first-order chi connectivity index (χ1) is 13.7. The van der Waals surface area contributed by atoms with Crippen LogP contribution >= 0.6 is 0 Å². The Morgan fingerprint density at radius 2 is 1.79 bits per heavy atom. The Kier molecular flexibility index (Phi) is 4.72. The number of ether oxygens (including phenoxy) is 2. The Morgan fingerprint density at radius 1 is 0.893 bits per heavy atom. The summed E-state index contributed by atoms with van der Waals surface area (Å²) in [5.41, 5.74) is 2.52. The van der Waals surface area contributed by atoms with Crippen molar-refractivity contribution in [2.24, 2.45) is 0 Å². The van der Waals surface area contributed by atoms with E-state index < -0.39 is 0 Å². The second-order valence-corrected chi connectivity index (χ2v) is 5.93. The van der Waals surface area contributed by atoms with E-state index >= 15 is 0 Å². The van der Waals surface area contributed by atoms with Crippen LogP contribution in [0.25, 0.3) is 11.0 Å². The lowest BCUT2D eigenvalue weighted by atomic mass is 10.2. The number of pyridine rings is 1. The molecule has 0 radical (unpaired) electrons. The van der Waals surface area contributed by atoms with Crippen LogP contribution in [0.2, 0.25) is 0 Å². The molecular weight excluding hydrogens is 359 g/mol. The van der Waals surface area contributed by atoms with Gasteiger partial charge in [0.2, 0.25) is 5.95 Å². The number of benzene rings is 2. The molecule has 4 aromatic rings. The third kappa shape index (κ3) is 3.29. The van der Waals surface area contributed by atoms with Crippen LogP contribution in [0, 0.1) is 5.82 Å². The van der Waals surface area contributed by atoms with Crippen LogP contribution in [0.1, 0.15) is 0 Å². The van der Waals surface area contributed by atoms with Gasteiger partial charge in [-0.15, -0.1) is 0 Å². The van der Waals surface area contributed by atoms with E-state index in [1.54, 1.807) is 67.9 Å². The summed E-state index contributed by atoms with van der Waals surface area (Å²) in [6.07, 6.45) is 3.32. The quantitative estimate of drug-likeness (QED) is 0.505. The molecule has 0 aliphatic rings. The monoisotopic (exact) mass is 376 g/mol. The Balaban J connectivity index is 1.96. The Bertz CT molecular complexity index is 1140. The van der Waals surface area contributed by atoms with Crippen LogP contribution in [0.5, 0.6) is 11.5 Å². The molecule has 0 atom stereocenters. The van der Waals surface area contributed by atoms with Gasteiger partial charge in [0.25, 0.3) is 0 Å². The number of rotatable bonds is 5. The van der Waals surface area contributed by atoms with E-state index in [4.69, 9.17) is 9.47 Å². The number of aromatic nitrogens is 3. The van der Waals surface area contributed by atoms with Crippen molar-refractivity contribution < 1.29 is 13.9 Å². The van der Waals surface area contributed by atoms with Crippen molar-refractivity contribution in [3.8, 4) is 11.5 Å². The van der Waals surface area contributed by atoms with Crippen molar-refractivity contribution in [2.75, 3.05) is 19.1 Å². The number of nitrogens with zero attached hydrogens (tertiary/aromatic N) is 4. The molecule has 2 heterocycles. The van der Waals surface area contributed by atoms with Gasteiger partial charge in [0, 0.05) is 12.3 Å². The van der Waals surface area contributed by atoms with E-state index in [0.717, 1.165) is 0 Å². The van der Waals surface area contributed by atoms with Crippen LogP contribution in [0.4, 0.5) is 21.7 Å². The van der Waals surface area contributed by atoms with E-state index in [-0.39, 0.29) is 5.82 Å². The van der Waals surface area contributed by atoms with Crippen LogP contribution < -0.4 is 14.4 Å². The highest BCUT2D eigenvalue weighted by Crippen LogP contribution is 2.40. The molecule has 2 aromatic carbocycles. The van der Waals surface area contributed by atoms with Crippen LogP contribution in [-0.2, 0) is 0 Å². The van der Waals surface area contributed by atoms with Gasteiger partial charge in [0.15, 0.2) is 0 Å². The molecule has 0 fully saturated rings. The van der Waals surface area contributed by atoms with Gasteiger partial charge in [-0.2, -0.15) is 0 Å². The SMILES string of the molecule is COc1ccc(OC)c(N(c2cccc(F)c2)c2ncc3ncccc3n2)c1. The normalized spacial score (nSPS) is 10.7. The zero-order valence-electron chi connectivity index (χ0n) is 15.3. The highest BCUT2D eigenvalue weighted by Gasteiger charge is 2.21. The topological polar surface area (TPSA) is 60.4 Å². The van der Waals surface area contributed by atoms with Crippen LogP contribution in [-0.4, -0.2) is 29.2 Å². The van der Waals surface area contributed by atoms with E-state index in [1.807, 2.05) is 6.07 Å². The van der Waals surface area contributed by atoms with Gasteiger partial charge < -0.3 is 9.47 Å². The maximum atomic E-state index is 14.0. The lowest BCUT2D eigenvalue weighted by Crippen LogP contribution is -2.15. The third-order valence-corrected chi connectivity index (χ3v) is 4.23. The van der Waals surface area contributed by atoms with E-state index in [9.17, 15) is 4.39 Å². The Hall–Kier alpha value is -3.74.